The molecule has 2 heterocycles. The number of nitrogens with zero attached hydrogens (tertiary/aromatic N) is 2. The van der Waals surface area contributed by atoms with E-state index >= 15 is 0 Å². The predicted molar refractivity (Wildman–Crippen MR) is 123 cm³/mol. The molecule has 4 rings (SSSR count). The van der Waals surface area contributed by atoms with Gasteiger partial charge in [-0.1, -0.05) is 54.1 Å². The fraction of sp³-hybridized carbons (Fsp3) is 0.292. The van der Waals surface area contributed by atoms with Crippen LogP contribution in [0.2, 0.25) is 5.02 Å². The van der Waals surface area contributed by atoms with Crippen molar-refractivity contribution in [2.45, 2.75) is 0 Å². The molecular formula is C24H27ClN4O. The Kier molecular flexibility index (Phi) is 6.53. The molecule has 0 aliphatic carbocycles. The lowest BCUT2D eigenvalue weighted by Gasteiger charge is -2.32. The largest absolute Gasteiger partial charge is 0.354 e. The Bertz CT molecular complexity index is 993. The Hall–Kier alpha value is -2.60. The van der Waals surface area contributed by atoms with Crippen LogP contribution in [-0.2, 0) is 0 Å². The maximum absolute atomic E-state index is 13.1. The normalized spacial score (nSPS) is 15.3. The number of carbonyl (C=O) groups excluding carboxylic acids is 1. The molecule has 1 amide bonds. The molecule has 2 N–H and O–H groups in total. The molecule has 0 saturated carbocycles. The molecule has 5 nitrogen and oxygen atoms in total. The second-order valence-electron chi connectivity index (χ2n) is 7.75. The quantitative estimate of drug-likeness (QED) is 0.631. The van der Waals surface area contributed by atoms with Crippen LogP contribution in [0.15, 0.2) is 60.7 Å². The topological polar surface area (TPSA) is 51.4 Å². The molecule has 0 bridgehead atoms. The van der Waals surface area contributed by atoms with Gasteiger partial charge in [0.05, 0.1) is 11.3 Å². The van der Waals surface area contributed by atoms with Gasteiger partial charge in [-0.15, -0.1) is 0 Å². The summed E-state index contributed by atoms with van der Waals surface area (Å²) in [6, 6.07) is 19.5. The lowest BCUT2D eigenvalue weighted by atomic mass is 10.1. The maximum Gasteiger partial charge on any atom is 0.253 e. The zero-order chi connectivity index (χ0) is 20.9. The summed E-state index contributed by atoms with van der Waals surface area (Å²) in [5, 5.41) is 3.77. The summed E-state index contributed by atoms with van der Waals surface area (Å²) in [4.78, 5) is 21.2. The van der Waals surface area contributed by atoms with Gasteiger partial charge in [0.2, 0.25) is 0 Å². The first-order valence-electron chi connectivity index (χ1n) is 10.3. The Morgan fingerprint density at radius 3 is 2.47 bits per heavy atom. The van der Waals surface area contributed by atoms with E-state index in [0.717, 1.165) is 55.2 Å². The molecule has 30 heavy (non-hydrogen) atoms. The number of piperazine rings is 1. The van der Waals surface area contributed by atoms with Crippen LogP contribution in [0, 0.1) is 0 Å². The summed E-state index contributed by atoms with van der Waals surface area (Å²) >= 11 is 6.17. The predicted octanol–water partition coefficient (Wildman–Crippen LogP) is 3.98. The minimum atomic E-state index is -0.0625. The Labute approximate surface area is 182 Å². The molecule has 0 unspecified atom stereocenters. The fourth-order valence-electron chi connectivity index (χ4n) is 3.77. The van der Waals surface area contributed by atoms with Crippen molar-refractivity contribution in [3.63, 3.8) is 0 Å². The van der Waals surface area contributed by atoms with E-state index < -0.39 is 0 Å². The molecule has 1 fully saturated rings. The lowest BCUT2D eigenvalue weighted by molar-refractivity contribution is 0.0942. The number of nitrogens with one attached hydrogen (secondary N) is 2. The van der Waals surface area contributed by atoms with Crippen molar-refractivity contribution in [3.05, 3.63) is 71.2 Å². The highest BCUT2D eigenvalue weighted by molar-refractivity contribution is 6.30. The summed E-state index contributed by atoms with van der Waals surface area (Å²) in [5.74, 6) is -0.0625. The number of halogens is 1. The highest BCUT2D eigenvalue weighted by atomic mass is 35.5. The van der Waals surface area contributed by atoms with Gasteiger partial charge in [-0.05, 0) is 36.4 Å². The first kappa shape index (κ1) is 20.7. The van der Waals surface area contributed by atoms with E-state index in [1.807, 2.05) is 60.7 Å². The molecule has 2 aromatic carbocycles. The van der Waals surface area contributed by atoms with Crippen LogP contribution < -0.4 is 5.32 Å². The Morgan fingerprint density at radius 1 is 1.00 bits per heavy atom. The van der Waals surface area contributed by atoms with Crippen molar-refractivity contribution in [3.8, 4) is 22.5 Å². The number of likely N-dealkylation sites (N-methyl/N-ethyl adjacent to an activating group) is 1. The van der Waals surface area contributed by atoms with E-state index in [9.17, 15) is 4.79 Å². The van der Waals surface area contributed by atoms with Gasteiger partial charge < -0.3 is 15.2 Å². The SMILES string of the molecule is CN1CCN(CCNC(=O)c2cc(-c3cccc(Cl)c3)[nH]c2-c2ccccc2)CC1. The minimum absolute atomic E-state index is 0.0625. The van der Waals surface area contributed by atoms with E-state index in [1.54, 1.807) is 0 Å². The smallest absolute Gasteiger partial charge is 0.253 e. The van der Waals surface area contributed by atoms with Gasteiger partial charge in [-0.2, -0.15) is 0 Å². The average molecular weight is 423 g/mol. The van der Waals surface area contributed by atoms with Crippen molar-refractivity contribution in [1.29, 1.82) is 0 Å². The number of rotatable bonds is 6. The molecular weight excluding hydrogens is 396 g/mol. The van der Waals surface area contributed by atoms with Gasteiger partial charge in [0.15, 0.2) is 0 Å². The van der Waals surface area contributed by atoms with E-state index in [-0.39, 0.29) is 5.91 Å². The highest BCUT2D eigenvalue weighted by Gasteiger charge is 2.19. The number of benzene rings is 2. The van der Waals surface area contributed by atoms with Crippen LogP contribution in [0.5, 0.6) is 0 Å². The van der Waals surface area contributed by atoms with Crippen molar-refractivity contribution in [2.24, 2.45) is 0 Å². The highest BCUT2D eigenvalue weighted by Crippen LogP contribution is 2.30. The monoisotopic (exact) mass is 422 g/mol. The number of hydrogen-bond donors (Lipinski definition) is 2. The number of amides is 1. The third-order valence-electron chi connectivity index (χ3n) is 5.57. The molecule has 156 valence electrons. The van der Waals surface area contributed by atoms with Crippen LogP contribution in [0.3, 0.4) is 0 Å². The van der Waals surface area contributed by atoms with Gasteiger partial charge in [-0.3, -0.25) is 9.69 Å². The number of hydrogen-bond acceptors (Lipinski definition) is 3. The molecule has 1 aromatic heterocycles. The molecule has 0 atom stereocenters. The Balaban J connectivity index is 1.52. The van der Waals surface area contributed by atoms with Crippen molar-refractivity contribution < 1.29 is 4.79 Å². The number of aromatic amines is 1. The van der Waals surface area contributed by atoms with E-state index in [2.05, 4.69) is 27.1 Å². The summed E-state index contributed by atoms with van der Waals surface area (Å²) in [5.41, 5.74) is 4.28. The number of carbonyl (C=O) groups is 1. The van der Waals surface area contributed by atoms with Gasteiger partial charge in [0, 0.05) is 50.0 Å². The van der Waals surface area contributed by atoms with Crippen LogP contribution in [0.1, 0.15) is 10.4 Å². The molecule has 1 aliphatic heterocycles. The molecule has 1 saturated heterocycles. The first-order valence-corrected chi connectivity index (χ1v) is 10.7. The Morgan fingerprint density at radius 2 is 1.73 bits per heavy atom. The van der Waals surface area contributed by atoms with E-state index in [1.165, 1.54) is 0 Å². The molecule has 0 spiro atoms. The van der Waals surface area contributed by atoms with Crippen LogP contribution in [0.25, 0.3) is 22.5 Å². The summed E-state index contributed by atoms with van der Waals surface area (Å²) in [6.07, 6.45) is 0. The fourth-order valence-corrected chi connectivity index (χ4v) is 3.96. The molecule has 1 aliphatic rings. The molecule has 3 aromatic rings. The second kappa shape index (κ2) is 9.47. The van der Waals surface area contributed by atoms with Gasteiger partial charge in [0.1, 0.15) is 0 Å². The third-order valence-corrected chi connectivity index (χ3v) is 5.80. The molecule has 6 heteroatoms. The summed E-state index contributed by atoms with van der Waals surface area (Å²) in [7, 11) is 2.15. The van der Waals surface area contributed by atoms with Crippen molar-refractivity contribution >= 4 is 17.5 Å². The third kappa shape index (κ3) is 4.93. The van der Waals surface area contributed by atoms with Crippen LogP contribution in [-0.4, -0.2) is 67.0 Å². The van der Waals surface area contributed by atoms with Crippen LogP contribution >= 0.6 is 11.6 Å². The second-order valence-corrected chi connectivity index (χ2v) is 8.19. The number of H-pyrrole nitrogens is 1. The lowest BCUT2D eigenvalue weighted by Crippen LogP contribution is -2.46. The number of aromatic nitrogens is 1. The van der Waals surface area contributed by atoms with Gasteiger partial charge in [-0.25, -0.2) is 0 Å². The summed E-state index contributed by atoms with van der Waals surface area (Å²) in [6.45, 7) is 5.75. The zero-order valence-corrected chi connectivity index (χ0v) is 18.0. The molecule has 0 radical (unpaired) electrons. The van der Waals surface area contributed by atoms with Gasteiger partial charge in [0.25, 0.3) is 5.91 Å². The van der Waals surface area contributed by atoms with Crippen molar-refractivity contribution in [1.82, 2.24) is 20.1 Å². The van der Waals surface area contributed by atoms with Crippen LogP contribution in [0.4, 0.5) is 0 Å². The van der Waals surface area contributed by atoms with Gasteiger partial charge >= 0.3 is 0 Å². The standard InChI is InChI=1S/C24H27ClN4O/c1-28-12-14-29(15-13-28)11-10-26-24(30)21-17-22(19-8-5-9-20(25)16-19)27-23(21)18-6-3-2-4-7-18/h2-9,16-17,27H,10-15H2,1H3,(H,26,30). The van der Waals surface area contributed by atoms with E-state index in [0.29, 0.717) is 17.1 Å². The first-order chi connectivity index (χ1) is 14.6. The van der Waals surface area contributed by atoms with E-state index in [4.69, 9.17) is 11.6 Å². The van der Waals surface area contributed by atoms with Crippen molar-refractivity contribution in [2.75, 3.05) is 46.3 Å². The summed E-state index contributed by atoms with van der Waals surface area (Å²) < 4.78 is 0. The average Bonchev–Trinajstić information content (AvgIpc) is 3.21. The zero-order valence-electron chi connectivity index (χ0n) is 17.2. The maximum atomic E-state index is 13.1. The minimum Gasteiger partial charge on any atom is -0.354 e.